The van der Waals surface area contributed by atoms with Gasteiger partial charge in [0.2, 0.25) is 0 Å². The minimum Gasteiger partial charge on any atom is -0.461 e. The van der Waals surface area contributed by atoms with E-state index in [1.54, 1.807) is 0 Å². The van der Waals surface area contributed by atoms with Gasteiger partial charge in [-0.25, -0.2) is 4.79 Å². The molecule has 6 aliphatic rings. The molecule has 0 unspecified atom stereocenters. The van der Waals surface area contributed by atoms with Crippen molar-refractivity contribution in [3.8, 4) is 0 Å². The molecule has 7 rings (SSSR count). The summed E-state index contributed by atoms with van der Waals surface area (Å²) in [6.45, 7) is 17.1. The van der Waals surface area contributed by atoms with Gasteiger partial charge in [-0.15, -0.1) is 0 Å². The van der Waals surface area contributed by atoms with Crippen molar-refractivity contribution >= 4 is 41.0 Å². The van der Waals surface area contributed by atoms with Gasteiger partial charge in [0, 0.05) is 68.7 Å². The molecule has 15 atom stereocenters. The predicted molar refractivity (Wildman–Crippen MR) is 345 cm³/mol. The van der Waals surface area contributed by atoms with Gasteiger partial charge in [-0.2, -0.15) is 0 Å². The fraction of sp³-hybridized carbons (Fsp3) is 0.829. The average Bonchev–Trinajstić information content (AvgIpc) is 2.38. The van der Waals surface area contributed by atoms with Crippen LogP contribution >= 0.6 is 0 Å². The molecule has 1 aromatic rings. The first-order chi connectivity index (χ1) is 41.4. The SMILES string of the molecule is CC[C@H](C(=O)C[C@H]1CCCC[C@H]1[C@H](CC)C(=O)C[C@H]1CCCC[C@H]1[C@H](CC)C(=O)C[C@H]1CCCC[C@H]1[C@H](CC)C(=O)C[C@H]1CCCC[C@H]1[C@H](CC)C(=O)OCc1ccccc1)[C@@H]1CCCC[C@@H]1CC(=O)CC1(CNC(=O)OC(C)(C)C)CCCCC1. The van der Waals surface area contributed by atoms with E-state index in [0.717, 1.165) is 192 Å². The lowest BCUT2D eigenvalue weighted by atomic mass is 9.62. The quantitative estimate of drug-likeness (QED) is 0.0717. The largest absolute Gasteiger partial charge is 0.461 e. The van der Waals surface area contributed by atoms with Crippen molar-refractivity contribution in [3.63, 3.8) is 0 Å². The van der Waals surface area contributed by atoms with Crippen LogP contribution in [0.3, 0.4) is 0 Å². The number of esters is 1. The van der Waals surface area contributed by atoms with E-state index >= 15 is 9.59 Å². The van der Waals surface area contributed by atoms with Crippen LogP contribution in [-0.2, 0) is 44.8 Å². The van der Waals surface area contributed by atoms with E-state index in [1.165, 1.54) is 0 Å². The number of hydrogen-bond acceptors (Lipinski definition) is 9. The number of ketones is 5. The van der Waals surface area contributed by atoms with E-state index in [2.05, 4.69) is 39.9 Å². The summed E-state index contributed by atoms with van der Waals surface area (Å²) < 4.78 is 11.5. The van der Waals surface area contributed by atoms with Crippen molar-refractivity contribution < 1.29 is 43.0 Å². The molecule has 6 fully saturated rings. The first-order valence-electron chi connectivity index (χ1n) is 36.2. The number of carbonyl (C=O) groups is 7. The summed E-state index contributed by atoms with van der Waals surface area (Å²) in [5.74, 6) is 2.85. The van der Waals surface area contributed by atoms with Gasteiger partial charge < -0.3 is 14.8 Å². The molecular formula is C76H121NO9. The highest BCUT2D eigenvalue weighted by molar-refractivity contribution is 5.85. The Kier molecular flexibility index (Phi) is 28.0. The fourth-order valence-electron chi connectivity index (χ4n) is 19.4. The third kappa shape index (κ3) is 19.7. The standard InChI is InChI=1S/C76H121NO9/c1-9-59(64-37-23-18-32-53(64)44-58(78)49-76(42-28-15-29-43-76)51-77-74(84)86-75(6,7)8)69(79)45-54-33-19-24-38-65(54)60(10-2)70(80)46-55-34-20-25-39-66(55)61(11-3)71(81)47-56-35-21-26-40-67(56)62(12-4)72(82)48-57-36-22-27-41-68(57)63(13-5)73(83)85-50-52-30-16-14-17-31-52/h14,16-17,30-31,53-57,59-68H,9-13,15,18-29,32-51H2,1-8H3,(H,77,84)/t53-,54-,55-,56-,57-,59+,60+,61+,62+,63+,64-,65-,66-,67-,68-/m1/s1. The Balaban J connectivity index is 0.955. The predicted octanol–water partition coefficient (Wildman–Crippen LogP) is 18.6. The molecule has 6 aliphatic carbocycles. The van der Waals surface area contributed by atoms with Crippen LogP contribution in [0.4, 0.5) is 4.79 Å². The summed E-state index contributed by atoms with van der Waals surface area (Å²) in [6.07, 6.45) is 32.4. The van der Waals surface area contributed by atoms with Crippen LogP contribution in [0.25, 0.3) is 0 Å². The van der Waals surface area contributed by atoms with Gasteiger partial charge in [-0.1, -0.05) is 148 Å². The molecular weight excluding hydrogens is 1070 g/mol. The van der Waals surface area contributed by atoms with Gasteiger partial charge >= 0.3 is 12.1 Å². The second-order valence-corrected chi connectivity index (χ2v) is 30.2. The molecule has 1 aromatic carbocycles. The number of carbonyl (C=O) groups excluding carboxylic acids is 7. The van der Waals surface area contributed by atoms with Crippen molar-refractivity contribution in [2.45, 2.75) is 299 Å². The molecule has 6 saturated carbocycles. The van der Waals surface area contributed by atoms with Gasteiger partial charge in [-0.3, -0.25) is 28.8 Å². The zero-order valence-corrected chi connectivity index (χ0v) is 55.6. The van der Waals surface area contributed by atoms with Gasteiger partial charge in [-0.05, 0) is 200 Å². The van der Waals surface area contributed by atoms with Crippen molar-refractivity contribution in [1.82, 2.24) is 5.32 Å². The van der Waals surface area contributed by atoms with Crippen LogP contribution in [0.5, 0.6) is 0 Å². The zero-order chi connectivity index (χ0) is 61.8. The first kappa shape index (κ1) is 69.8. The van der Waals surface area contributed by atoms with Crippen LogP contribution in [0.1, 0.15) is 292 Å². The molecule has 1 N–H and O–H groups in total. The molecule has 0 heterocycles. The van der Waals surface area contributed by atoms with Crippen molar-refractivity contribution in [3.05, 3.63) is 35.9 Å². The lowest BCUT2D eigenvalue weighted by molar-refractivity contribution is -0.154. The number of alkyl carbamates (subject to hydrolysis) is 1. The van der Waals surface area contributed by atoms with E-state index in [0.29, 0.717) is 74.6 Å². The first-order valence-corrected chi connectivity index (χ1v) is 36.2. The van der Waals surface area contributed by atoms with Crippen LogP contribution in [-0.4, -0.2) is 53.1 Å². The number of nitrogens with one attached hydrogen (secondary N) is 1. The lowest BCUT2D eigenvalue weighted by Crippen LogP contribution is -2.43. The third-order valence-electron chi connectivity index (χ3n) is 23.6. The minimum atomic E-state index is -0.587. The minimum absolute atomic E-state index is 0.0777. The van der Waals surface area contributed by atoms with Crippen LogP contribution in [0.15, 0.2) is 30.3 Å². The van der Waals surface area contributed by atoms with Crippen molar-refractivity contribution in [2.75, 3.05) is 6.54 Å². The van der Waals surface area contributed by atoms with Crippen LogP contribution < -0.4 is 5.32 Å². The number of amides is 1. The second-order valence-electron chi connectivity index (χ2n) is 30.2. The Morgan fingerprint density at radius 3 is 1.14 bits per heavy atom. The number of rotatable bonds is 31. The molecule has 10 heteroatoms. The molecule has 0 bridgehead atoms. The Hall–Kier alpha value is -3.69. The summed E-state index contributed by atoms with van der Waals surface area (Å²) in [5.41, 5.74) is 0.146. The molecule has 1 amide bonds. The third-order valence-corrected chi connectivity index (χ3v) is 23.6. The monoisotopic (exact) mass is 1190 g/mol. The highest BCUT2D eigenvalue weighted by Crippen LogP contribution is 2.49. The summed E-state index contributed by atoms with van der Waals surface area (Å²) in [7, 11) is 0. The number of ether oxygens (including phenoxy) is 2. The van der Waals surface area contributed by atoms with Crippen molar-refractivity contribution in [2.24, 2.45) is 94.2 Å². The van der Waals surface area contributed by atoms with E-state index in [1.807, 2.05) is 51.1 Å². The molecule has 86 heavy (non-hydrogen) atoms. The van der Waals surface area contributed by atoms with Crippen LogP contribution in [0, 0.1) is 94.2 Å². The lowest BCUT2D eigenvalue weighted by Gasteiger charge is -2.41. The molecule has 0 spiro atoms. The topological polar surface area (TPSA) is 150 Å². The van der Waals surface area contributed by atoms with E-state index in [9.17, 15) is 24.0 Å². The molecule has 0 aromatic heterocycles. The van der Waals surface area contributed by atoms with E-state index in [4.69, 9.17) is 9.47 Å². The van der Waals surface area contributed by atoms with Gasteiger partial charge in [0.15, 0.2) is 0 Å². The second kappa shape index (κ2) is 34.5. The van der Waals surface area contributed by atoms with Gasteiger partial charge in [0.25, 0.3) is 0 Å². The van der Waals surface area contributed by atoms with Gasteiger partial charge in [0.1, 0.15) is 41.1 Å². The zero-order valence-electron chi connectivity index (χ0n) is 55.6. The maximum atomic E-state index is 15.1. The van der Waals surface area contributed by atoms with Gasteiger partial charge in [0.05, 0.1) is 5.92 Å². The Labute approximate surface area is 522 Å². The van der Waals surface area contributed by atoms with Crippen LogP contribution in [0.2, 0.25) is 0 Å². The molecule has 10 nitrogen and oxygen atoms in total. The molecule has 0 radical (unpaired) electrons. The Bertz CT molecular complexity index is 2300. The number of benzene rings is 1. The van der Waals surface area contributed by atoms with E-state index < -0.39 is 11.7 Å². The molecule has 0 aliphatic heterocycles. The summed E-state index contributed by atoms with van der Waals surface area (Å²) >= 11 is 0. The maximum absolute atomic E-state index is 15.1. The highest BCUT2D eigenvalue weighted by Gasteiger charge is 2.46. The summed E-state index contributed by atoms with van der Waals surface area (Å²) in [4.78, 5) is 100. The fourth-order valence-corrected chi connectivity index (χ4v) is 19.4. The summed E-state index contributed by atoms with van der Waals surface area (Å²) in [5, 5.41) is 3.04. The number of hydrogen-bond donors (Lipinski definition) is 1. The maximum Gasteiger partial charge on any atom is 0.407 e. The van der Waals surface area contributed by atoms with E-state index in [-0.39, 0.29) is 113 Å². The van der Waals surface area contributed by atoms with Crippen molar-refractivity contribution in [1.29, 1.82) is 0 Å². The Morgan fingerprint density at radius 2 is 0.791 bits per heavy atom. The Morgan fingerprint density at radius 1 is 0.453 bits per heavy atom. The normalized spacial score (nSPS) is 29.0. The summed E-state index contributed by atoms with van der Waals surface area (Å²) in [6, 6.07) is 9.87. The molecule has 0 saturated heterocycles. The average molecular weight is 1190 g/mol. The highest BCUT2D eigenvalue weighted by atomic mass is 16.6. The number of Topliss-reactive ketones (excluding diaryl/α,β-unsaturated/α-hetero) is 5. The smallest absolute Gasteiger partial charge is 0.407 e. The molecule has 484 valence electrons.